The number of carboxylic acids is 1. The van der Waals surface area contributed by atoms with Crippen LogP contribution in [-0.2, 0) is 6.42 Å². The molecule has 0 radical (unpaired) electrons. The predicted octanol–water partition coefficient (Wildman–Crippen LogP) is 3.88. The van der Waals surface area contributed by atoms with Crippen molar-refractivity contribution in [2.75, 3.05) is 31.6 Å². The Hall–Kier alpha value is -3.55. The summed E-state index contributed by atoms with van der Waals surface area (Å²) in [5.41, 5.74) is 3.35. The second-order valence-corrected chi connectivity index (χ2v) is 8.42. The number of rotatable bonds is 10. The molecule has 1 heterocycles. The lowest BCUT2D eigenvalue weighted by Gasteiger charge is -2.28. The number of aromatic carboxylic acids is 1. The van der Waals surface area contributed by atoms with E-state index in [9.17, 15) is 9.90 Å². The van der Waals surface area contributed by atoms with E-state index in [1.165, 1.54) is 0 Å². The summed E-state index contributed by atoms with van der Waals surface area (Å²) >= 11 is 0. The van der Waals surface area contributed by atoms with Gasteiger partial charge in [0.05, 0.1) is 5.56 Å². The van der Waals surface area contributed by atoms with Crippen LogP contribution >= 0.6 is 0 Å². The highest BCUT2D eigenvalue weighted by molar-refractivity contribution is 5.88. The maximum Gasteiger partial charge on any atom is 0.335 e. The summed E-state index contributed by atoms with van der Waals surface area (Å²) in [5, 5.41) is 22.5. The third-order valence-electron chi connectivity index (χ3n) is 5.90. The summed E-state index contributed by atoms with van der Waals surface area (Å²) in [6.07, 6.45) is 1.23. The molecule has 3 aromatic carbocycles. The highest BCUT2D eigenvalue weighted by Gasteiger charge is 2.21. The molecule has 34 heavy (non-hydrogen) atoms. The fourth-order valence-corrected chi connectivity index (χ4v) is 3.94. The van der Waals surface area contributed by atoms with Gasteiger partial charge in [0.2, 0.25) is 0 Å². The zero-order valence-electron chi connectivity index (χ0n) is 19.2. The molecule has 0 fully saturated rings. The number of hydrogen-bond acceptors (Lipinski definition) is 6. The first-order valence-corrected chi connectivity index (χ1v) is 11.4. The summed E-state index contributed by atoms with van der Waals surface area (Å²) in [5.74, 6) is 0.694. The maximum atomic E-state index is 11.1. The van der Waals surface area contributed by atoms with Gasteiger partial charge >= 0.3 is 5.97 Å². The lowest BCUT2D eigenvalue weighted by Crippen LogP contribution is -2.39. The molecule has 0 amide bonds. The quantitative estimate of drug-likeness (QED) is 0.421. The number of nitrogens with zero attached hydrogens (tertiary/aromatic N) is 1. The topological polar surface area (TPSA) is 91.3 Å². The number of aliphatic hydroxyl groups is 1. The van der Waals surface area contributed by atoms with E-state index in [-0.39, 0.29) is 18.3 Å². The first kappa shape index (κ1) is 23.6. The van der Waals surface area contributed by atoms with Gasteiger partial charge in [-0.25, -0.2) is 4.79 Å². The van der Waals surface area contributed by atoms with E-state index in [0.29, 0.717) is 13.1 Å². The summed E-state index contributed by atoms with van der Waals surface area (Å²) in [4.78, 5) is 13.1. The minimum absolute atomic E-state index is 0.0434. The number of ether oxygens (including phenoxy) is 2. The molecule has 1 aliphatic rings. The van der Waals surface area contributed by atoms with Crippen molar-refractivity contribution in [1.82, 2.24) is 5.32 Å². The number of aryl methyl sites for hydroxylation is 1. The zero-order chi connectivity index (χ0) is 23.9. The molecule has 1 aliphatic heterocycles. The first-order valence-electron chi connectivity index (χ1n) is 11.4. The van der Waals surface area contributed by atoms with Crippen molar-refractivity contribution >= 4 is 17.3 Å². The van der Waals surface area contributed by atoms with Gasteiger partial charge in [-0.3, -0.25) is 0 Å². The monoisotopic (exact) mass is 462 g/mol. The third kappa shape index (κ3) is 6.07. The van der Waals surface area contributed by atoms with E-state index in [1.807, 2.05) is 54.4 Å². The molecule has 0 aromatic heterocycles. The minimum Gasteiger partial charge on any atom is -0.491 e. The fourth-order valence-electron chi connectivity index (χ4n) is 3.94. The van der Waals surface area contributed by atoms with Gasteiger partial charge in [-0.1, -0.05) is 18.2 Å². The van der Waals surface area contributed by atoms with Crippen LogP contribution < -0.4 is 19.7 Å². The van der Waals surface area contributed by atoms with Crippen molar-refractivity contribution < 1.29 is 24.5 Å². The van der Waals surface area contributed by atoms with Crippen molar-refractivity contribution in [3.8, 4) is 11.5 Å². The molecule has 2 atom stereocenters. The number of aliphatic hydroxyl groups excluding tert-OH is 1. The maximum absolute atomic E-state index is 11.1. The second-order valence-electron chi connectivity index (χ2n) is 8.42. The number of carboxylic acid groups (broad SMARTS) is 1. The Bertz CT molecular complexity index is 1090. The van der Waals surface area contributed by atoms with Crippen LogP contribution in [0.2, 0.25) is 0 Å². The average Bonchev–Trinajstić information content (AvgIpc) is 2.87. The van der Waals surface area contributed by atoms with E-state index in [4.69, 9.17) is 14.6 Å². The smallest absolute Gasteiger partial charge is 0.335 e. The van der Waals surface area contributed by atoms with Gasteiger partial charge in [0.1, 0.15) is 30.3 Å². The standard InChI is InChI=1S/C27H30N2O5/c1-29(21-10-7-19(8-11-21)27(31)32)22-12-14-26-20(15-22)9-13-25(34-26)17-28-16-23(30)18-33-24-5-3-2-4-6-24/h2-8,10-12,14-15,23,25,28,30H,9,13,16-18H2,1H3,(H,31,32)/t23-,25+/m0/s1. The van der Waals surface area contributed by atoms with E-state index in [0.717, 1.165) is 41.3 Å². The van der Waals surface area contributed by atoms with Crippen molar-refractivity contribution in [1.29, 1.82) is 0 Å². The Kier molecular flexibility index (Phi) is 7.67. The molecule has 0 aliphatic carbocycles. The Morgan fingerprint density at radius 3 is 2.59 bits per heavy atom. The predicted molar refractivity (Wildman–Crippen MR) is 131 cm³/mol. The van der Waals surface area contributed by atoms with Crippen LogP contribution in [0, 0.1) is 0 Å². The molecule has 0 bridgehead atoms. The van der Waals surface area contributed by atoms with Crippen LogP contribution in [0.4, 0.5) is 11.4 Å². The minimum atomic E-state index is -0.931. The van der Waals surface area contributed by atoms with Crippen molar-refractivity contribution in [3.63, 3.8) is 0 Å². The molecule has 0 unspecified atom stereocenters. The summed E-state index contributed by atoms with van der Waals surface area (Å²) < 4.78 is 11.8. The van der Waals surface area contributed by atoms with Crippen LogP contribution in [0.5, 0.6) is 11.5 Å². The third-order valence-corrected chi connectivity index (χ3v) is 5.90. The van der Waals surface area contributed by atoms with Crippen LogP contribution in [-0.4, -0.2) is 55.1 Å². The van der Waals surface area contributed by atoms with Gasteiger partial charge in [-0.2, -0.15) is 0 Å². The molecule has 7 heteroatoms. The highest BCUT2D eigenvalue weighted by atomic mass is 16.5. The van der Waals surface area contributed by atoms with Gasteiger partial charge in [0, 0.05) is 31.5 Å². The van der Waals surface area contributed by atoms with Gasteiger partial charge < -0.3 is 29.9 Å². The van der Waals surface area contributed by atoms with E-state index < -0.39 is 12.1 Å². The lowest BCUT2D eigenvalue weighted by molar-refractivity contribution is 0.0697. The number of benzene rings is 3. The lowest BCUT2D eigenvalue weighted by atomic mass is 10.0. The molecule has 0 saturated heterocycles. The number of fused-ring (bicyclic) bond motifs is 1. The molecule has 3 N–H and O–H groups in total. The zero-order valence-corrected chi connectivity index (χ0v) is 19.2. The normalized spacial score (nSPS) is 15.6. The SMILES string of the molecule is CN(c1ccc(C(=O)O)cc1)c1ccc2c(c1)CC[C@H](CNC[C@H](O)COc1ccccc1)O2. The highest BCUT2D eigenvalue weighted by Crippen LogP contribution is 2.33. The second kappa shape index (κ2) is 11.0. The summed E-state index contributed by atoms with van der Waals surface area (Å²) in [7, 11) is 1.96. The first-order chi connectivity index (χ1) is 16.5. The number of hydrogen-bond donors (Lipinski definition) is 3. The van der Waals surface area contributed by atoms with Gasteiger partial charge in [-0.05, 0) is 73.0 Å². The molecule has 7 nitrogen and oxygen atoms in total. The van der Waals surface area contributed by atoms with Crippen molar-refractivity contribution in [3.05, 3.63) is 83.9 Å². The molecule has 178 valence electrons. The van der Waals surface area contributed by atoms with Crippen LogP contribution in [0.25, 0.3) is 0 Å². The number of carbonyl (C=O) groups is 1. The Morgan fingerprint density at radius 1 is 1.12 bits per heavy atom. The van der Waals surface area contributed by atoms with Gasteiger partial charge in [0.15, 0.2) is 0 Å². The largest absolute Gasteiger partial charge is 0.491 e. The van der Waals surface area contributed by atoms with Crippen LogP contribution in [0.1, 0.15) is 22.3 Å². The molecular formula is C27H30N2O5. The van der Waals surface area contributed by atoms with Crippen molar-refractivity contribution in [2.45, 2.75) is 25.0 Å². The molecule has 0 saturated carbocycles. The van der Waals surface area contributed by atoms with Crippen molar-refractivity contribution in [2.24, 2.45) is 0 Å². The summed E-state index contributed by atoms with van der Waals surface area (Å²) in [6, 6.07) is 22.4. The van der Waals surface area contributed by atoms with Crippen LogP contribution in [0.3, 0.4) is 0 Å². The molecular weight excluding hydrogens is 432 g/mol. The van der Waals surface area contributed by atoms with E-state index in [1.54, 1.807) is 24.3 Å². The average molecular weight is 463 g/mol. The summed E-state index contributed by atoms with van der Waals surface area (Å²) in [6.45, 7) is 1.32. The number of nitrogens with one attached hydrogen (secondary N) is 1. The molecule has 4 rings (SSSR count). The Labute approximate surface area is 199 Å². The van der Waals surface area contributed by atoms with Crippen LogP contribution in [0.15, 0.2) is 72.8 Å². The Morgan fingerprint density at radius 2 is 1.85 bits per heavy atom. The van der Waals surface area contributed by atoms with E-state index >= 15 is 0 Å². The van der Waals surface area contributed by atoms with Gasteiger partial charge in [-0.15, -0.1) is 0 Å². The van der Waals surface area contributed by atoms with E-state index in [2.05, 4.69) is 11.4 Å². The number of para-hydroxylation sites is 1. The molecule has 3 aromatic rings. The number of anilines is 2. The fraction of sp³-hybridized carbons (Fsp3) is 0.296. The Balaban J connectivity index is 1.25. The van der Waals surface area contributed by atoms with Gasteiger partial charge in [0.25, 0.3) is 0 Å². The molecule has 0 spiro atoms.